The van der Waals surface area contributed by atoms with Gasteiger partial charge in [0, 0.05) is 31.4 Å². The van der Waals surface area contributed by atoms with E-state index in [0.29, 0.717) is 11.5 Å². The van der Waals surface area contributed by atoms with E-state index in [1.165, 1.54) is 18.4 Å². The summed E-state index contributed by atoms with van der Waals surface area (Å²) < 4.78 is 0. The van der Waals surface area contributed by atoms with Gasteiger partial charge in [-0.05, 0) is 55.2 Å². The molecule has 2 aromatic rings. The Bertz CT molecular complexity index is 721. The van der Waals surface area contributed by atoms with Gasteiger partial charge in [0.15, 0.2) is 0 Å². The third-order valence-corrected chi connectivity index (χ3v) is 5.32. The van der Waals surface area contributed by atoms with E-state index in [4.69, 9.17) is 0 Å². The average Bonchev–Trinajstić information content (AvgIpc) is 2.69. The number of nitrogens with zero attached hydrogens (tertiary/aromatic N) is 2. The van der Waals surface area contributed by atoms with Gasteiger partial charge in [-0.15, -0.1) is 0 Å². The Balaban J connectivity index is 1.53. The van der Waals surface area contributed by atoms with Crippen LogP contribution in [-0.2, 0) is 6.42 Å². The fraction of sp³-hybridized carbons (Fsp3) is 0.478. The molecular weight excluding hydrogens is 334 g/mol. The second-order valence-electron chi connectivity index (χ2n) is 7.96. The summed E-state index contributed by atoms with van der Waals surface area (Å²) in [4.78, 5) is 19.2. The van der Waals surface area contributed by atoms with Crippen molar-refractivity contribution in [2.45, 2.75) is 39.5 Å². The number of carbonyl (C=O) groups excluding carboxylic acids is 1. The van der Waals surface area contributed by atoms with Crippen LogP contribution in [0.4, 0.5) is 5.82 Å². The van der Waals surface area contributed by atoms with E-state index in [1.807, 2.05) is 6.07 Å². The Morgan fingerprint density at radius 2 is 1.93 bits per heavy atom. The fourth-order valence-electron chi connectivity index (χ4n) is 3.62. The molecule has 0 radical (unpaired) electrons. The SMILES string of the molecule is CC(C)CCNC(=O)c1ccnc(N2CCC(Cc3ccccc3)CC2)c1. The van der Waals surface area contributed by atoms with Crippen LogP contribution < -0.4 is 10.2 Å². The standard InChI is InChI=1S/C23H31N3O/c1-18(2)8-12-25-23(27)21-9-13-24-22(17-21)26-14-10-20(11-15-26)16-19-6-4-3-5-7-19/h3-7,9,13,17-18,20H,8,10-12,14-16H2,1-2H3,(H,25,27). The minimum Gasteiger partial charge on any atom is -0.357 e. The molecule has 27 heavy (non-hydrogen) atoms. The van der Waals surface area contributed by atoms with Crippen LogP contribution >= 0.6 is 0 Å². The third-order valence-electron chi connectivity index (χ3n) is 5.32. The van der Waals surface area contributed by atoms with Crippen molar-refractivity contribution in [2.75, 3.05) is 24.5 Å². The Hall–Kier alpha value is -2.36. The zero-order chi connectivity index (χ0) is 19.1. The van der Waals surface area contributed by atoms with E-state index in [1.54, 1.807) is 12.3 Å². The number of piperidine rings is 1. The van der Waals surface area contributed by atoms with Crippen molar-refractivity contribution in [3.8, 4) is 0 Å². The zero-order valence-corrected chi connectivity index (χ0v) is 16.5. The van der Waals surface area contributed by atoms with Crippen LogP contribution in [0.15, 0.2) is 48.7 Å². The van der Waals surface area contributed by atoms with E-state index in [-0.39, 0.29) is 5.91 Å². The summed E-state index contributed by atoms with van der Waals surface area (Å²) in [6.45, 7) is 7.06. The number of pyridine rings is 1. The summed E-state index contributed by atoms with van der Waals surface area (Å²) in [6, 6.07) is 14.5. The number of aromatic nitrogens is 1. The van der Waals surface area contributed by atoms with E-state index < -0.39 is 0 Å². The Morgan fingerprint density at radius 1 is 1.19 bits per heavy atom. The lowest BCUT2D eigenvalue weighted by molar-refractivity contribution is 0.0952. The number of hydrogen-bond donors (Lipinski definition) is 1. The molecule has 1 aromatic carbocycles. The van der Waals surface area contributed by atoms with Crippen molar-refractivity contribution < 1.29 is 4.79 Å². The second-order valence-corrected chi connectivity index (χ2v) is 7.96. The van der Waals surface area contributed by atoms with Gasteiger partial charge >= 0.3 is 0 Å². The van der Waals surface area contributed by atoms with Crippen LogP contribution in [0, 0.1) is 11.8 Å². The molecule has 1 aromatic heterocycles. The van der Waals surface area contributed by atoms with Crippen LogP contribution in [0.1, 0.15) is 49.0 Å². The molecule has 0 aliphatic carbocycles. The second kappa shape index (κ2) is 9.54. The molecule has 1 amide bonds. The first-order valence-corrected chi connectivity index (χ1v) is 10.1. The highest BCUT2D eigenvalue weighted by Gasteiger charge is 2.21. The topological polar surface area (TPSA) is 45.2 Å². The lowest BCUT2D eigenvalue weighted by Crippen LogP contribution is -2.35. The number of anilines is 1. The molecule has 4 heteroatoms. The van der Waals surface area contributed by atoms with Gasteiger partial charge in [-0.2, -0.15) is 0 Å². The number of nitrogens with one attached hydrogen (secondary N) is 1. The van der Waals surface area contributed by atoms with E-state index in [0.717, 1.165) is 44.2 Å². The molecule has 1 saturated heterocycles. The Labute approximate surface area is 163 Å². The van der Waals surface area contributed by atoms with Crippen molar-refractivity contribution in [1.29, 1.82) is 0 Å². The molecular formula is C23H31N3O. The van der Waals surface area contributed by atoms with Crippen molar-refractivity contribution in [3.63, 3.8) is 0 Å². The highest BCUT2D eigenvalue weighted by atomic mass is 16.1. The molecule has 0 spiro atoms. The summed E-state index contributed by atoms with van der Waals surface area (Å²) in [5.41, 5.74) is 2.13. The van der Waals surface area contributed by atoms with E-state index >= 15 is 0 Å². The quantitative estimate of drug-likeness (QED) is 0.795. The third kappa shape index (κ3) is 5.81. The van der Waals surface area contributed by atoms with Gasteiger partial charge in [0.1, 0.15) is 5.82 Å². The van der Waals surface area contributed by atoms with Crippen LogP contribution in [-0.4, -0.2) is 30.5 Å². The molecule has 0 unspecified atom stereocenters. The predicted molar refractivity (Wildman–Crippen MR) is 111 cm³/mol. The number of carbonyl (C=O) groups is 1. The van der Waals surface area contributed by atoms with Crippen LogP contribution in [0.25, 0.3) is 0 Å². The maximum atomic E-state index is 12.4. The number of rotatable bonds is 7. The summed E-state index contributed by atoms with van der Waals surface area (Å²) in [5.74, 6) is 2.24. The first kappa shape index (κ1) is 19.4. The average molecular weight is 366 g/mol. The molecule has 1 aliphatic rings. The summed E-state index contributed by atoms with van der Waals surface area (Å²) >= 11 is 0. The van der Waals surface area contributed by atoms with Crippen molar-refractivity contribution in [2.24, 2.45) is 11.8 Å². The fourth-order valence-corrected chi connectivity index (χ4v) is 3.62. The monoisotopic (exact) mass is 365 g/mol. The predicted octanol–water partition coefficient (Wildman–Crippen LogP) is 4.32. The molecule has 144 valence electrons. The van der Waals surface area contributed by atoms with Crippen LogP contribution in [0.5, 0.6) is 0 Å². The normalized spacial score (nSPS) is 15.1. The highest BCUT2D eigenvalue weighted by Crippen LogP contribution is 2.25. The molecule has 0 bridgehead atoms. The Morgan fingerprint density at radius 3 is 2.63 bits per heavy atom. The van der Waals surface area contributed by atoms with Gasteiger partial charge in [0.25, 0.3) is 5.91 Å². The van der Waals surface area contributed by atoms with Gasteiger partial charge in [-0.25, -0.2) is 4.98 Å². The van der Waals surface area contributed by atoms with Gasteiger partial charge in [0.2, 0.25) is 0 Å². The summed E-state index contributed by atoms with van der Waals surface area (Å²) in [5, 5.41) is 3.01. The van der Waals surface area contributed by atoms with Gasteiger partial charge in [-0.1, -0.05) is 44.2 Å². The maximum absolute atomic E-state index is 12.4. The molecule has 1 aliphatic heterocycles. The van der Waals surface area contributed by atoms with Crippen molar-refractivity contribution >= 4 is 11.7 Å². The molecule has 2 heterocycles. The largest absolute Gasteiger partial charge is 0.357 e. The van der Waals surface area contributed by atoms with Crippen molar-refractivity contribution in [1.82, 2.24) is 10.3 Å². The van der Waals surface area contributed by atoms with E-state index in [2.05, 4.69) is 59.4 Å². The molecule has 1 N–H and O–H groups in total. The maximum Gasteiger partial charge on any atom is 0.251 e. The number of amides is 1. The summed E-state index contributed by atoms with van der Waals surface area (Å²) in [7, 11) is 0. The van der Waals surface area contributed by atoms with Crippen LogP contribution in [0.2, 0.25) is 0 Å². The van der Waals surface area contributed by atoms with Gasteiger partial charge in [0.05, 0.1) is 0 Å². The molecule has 1 fully saturated rings. The van der Waals surface area contributed by atoms with E-state index in [9.17, 15) is 4.79 Å². The number of benzene rings is 1. The highest BCUT2D eigenvalue weighted by molar-refractivity contribution is 5.94. The molecule has 4 nitrogen and oxygen atoms in total. The molecule has 0 atom stereocenters. The number of hydrogen-bond acceptors (Lipinski definition) is 3. The minimum absolute atomic E-state index is 0.00161. The molecule has 3 rings (SSSR count). The lowest BCUT2D eigenvalue weighted by Gasteiger charge is -2.33. The van der Waals surface area contributed by atoms with Crippen LogP contribution in [0.3, 0.4) is 0 Å². The van der Waals surface area contributed by atoms with Gasteiger partial charge < -0.3 is 10.2 Å². The first-order valence-electron chi connectivity index (χ1n) is 10.1. The van der Waals surface area contributed by atoms with Gasteiger partial charge in [-0.3, -0.25) is 4.79 Å². The zero-order valence-electron chi connectivity index (χ0n) is 16.5. The summed E-state index contributed by atoms with van der Waals surface area (Å²) in [6.07, 6.45) is 6.24. The Kier molecular flexibility index (Phi) is 6.86. The molecule has 0 saturated carbocycles. The lowest BCUT2D eigenvalue weighted by atomic mass is 9.90. The van der Waals surface area contributed by atoms with Crippen molar-refractivity contribution in [3.05, 3.63) is 59.8 Å². The first-order chi connectivity index (χ1) is 13.1. The smallest absolute Gasteiger partial charge is 0.251 e. The minimum atomic E-state index is -0.00161.